The van der Waals surface area contributed by atoms with Gasteiger partial charge in [0.05, 0.1) is 11.6 Å². The fraction of sp³-hybridized carbons (Fsp3) is 0.542. The third-order valence-electron chi connectivity index (χ3n) is 4.61. The van der Waals surface area contributed by atoms with Crippen molar-refractivity contribution in [2.24, 2.45) is 11.7 Å². The van der Waals surface area contributed by atoms with Crippen LogP contribution in [0.25, 0.3) is 0 Å². The van der Waals surface area contributed by atoms with Crippen LogP contribution in [0, 0.1) is 17.2 Å². The number of primary amides is 1. The SMILES string of the molecule is CC(C)C[C@H](NC(=O)[C@H](CCC(=O)NCc1ccc(C#N)cc1)NC(=O)OC(C)(C)C)C(N)=O. The highest BCUT2D eigenvalue weighted by molar-refractivity contribution is 5.91. The summed E-state index contributed by atoms with van der Waals surface area (Å²) in [6, 6.07) is 6.79. The van der Waals surface area contributed by atoms with Crippen LogP contribution in [0.1, 0.15) is 65.0 Å². The summed E-state index contributed by atoms with van der Waals surface area (Å²) >= 11 is 0. The first-order valence-electron chi connectivity index (χ1n) is 11.2. The fourth-order valence-electron chi connectivity index (χ4n) is 2.97. The van der Waals surface area contributed by atoms with Gasteiger partial charge in [-0.3, -0.25) is 14.4 Å². The van der Waals surface area contributed by atoms with Crippen LogP contribution in [0.15, 0.2) is 24.3 Å². The number of ether oxygens (including phenoxy) is 1. The van der Waals surface area contributed by atoms with Gasteiger partial charge in [0.25, 0.3) is 0 Å². The zero-order valence-corrected chi connectivity index (χ0v) is 20.4. The zero-order chi connectivity index (χ0) is 25.9. The van der Waals surface area contributed by atoms with Gasteiger partial charge >= 0.3 is 6.09 Å². The minimum atomic E-state index is -1.11. The van der Waals surface area contributed by atoms with Crippen molar-refractivity contribution in [1.29, 1.82) is 5.26 Å². The average Bonchev–Trinajstić information content (AvgIpc) is 2.73. The number of carbonyl (C=O) groups excluding carboxylic acids is 4. The number of hydrogen-bond acceptors (Lipinski definition) is 6. The quantitative estimate of drug-likeness (QED) is 0.383. The first-order valence-corrected chi connectivity index (χ1v) is 11.2. The Bertz CT molecular complexity index is 900. The van der Waals surface area contributed by atoms with Crippen LogP contribution in [0.2, 0.25) is 0 Å². The van der Waals surface area contributed by atoms with Crippen LogP contribution >= 0.6 is 0 Å². The minimum Gasteiger partial charge on any atom is -0.444 e. The van der Waals surface area contributed by atoms with Crippen molar-refractivity contribution < 1.29 is 23.9 Å². The number of nitrogens with one attached hydrogen (secondary N) is 3. The van der Waals surface area contributed by atoms with Crippen molar-refractivity contribution in [3.8, 4) is 6.07 Å². The molecule has 0 aliphatic heterocycles. The molecule has 10 nitrogen and oxygen atoms in total. The average molecular weight is 474 g/mol. The van der Waals surface area contributed by atoms with Crippen molar-refractivity contribution >= 4 is 23.8 Å². The van der Waals surface area contributed by atoms with Crippen molar-refractivity contribution in [2.75, 3.05) is 0 Å². The van der Waals surface area contributed by atoms with E-state index in [9.17, 15) is 19.2 Å². The minimum absolute atomic E-state index is 0.0164. The fourth-order valence-corrected chi connectivity index (χ4v) is 2.97. The molecule has 0 aliphatic carbocycles. The topological polar surface area (TPSA) is 163 Å². The Balaban J connectivity index is 2.79. The van der Waals surface area contributed by atoms with Gasteiger partial charge in [0.1, 0.15) is 17.7 Å². The van der Waals surface area contributed by atoms with Crippen molar-refractivity contribution in [3.63, 3.8) is 0 Å². The number of nitriles is 1. The van der Waals surface area contributed by atoms with Crippen LogP contribution < -0.4 is 21.7 Å². The molecule has 10 heteroatoms. The second kappa shape index (κ2) is 13.2. The molecule has 2 atom stereocenters. The highest BCUT2D eigenvalue weighted by atomic mass is 16.6. The Labute approximate surface area is 200 Å². The lowest BCUT2D eigenvalue weighted by Crippen LogP contribution is -2.54. The van der Waals surface area contributed by atoms with Gasteiger partial charge in [-0.15, -0.1) is 0 Å². The highest BCUT2D eigenvalue weighted by Crippen LogP contribution is 2.10. The number of hydrogen-bond donors (Lipinski definition) is 4. The number of nitrogens with two attached hydrogens (primary N) is 1. The lowest BCUT2D eigenvalue weighted by molar-refractivity contribution is -0.129. The second-order valence-corrected chi connectivity index (χ2v) is 9.42. The maximum absolute atomic E-state index is 12.8. The molecular formula is C24H35N5O5. The molecule has 34 heavy (non-hydrogen) atoms. The first kappa shape index (κ1) is 28.4. The number of amides is 4. The van der Waals surface area contributed by atoms with E-state index in [1.54, 1.807) is 45.0 Å². The van der Waals surface area contributed by atoms with Gasteiger partial charge in [0.15, 0.2) is 0 Å². The summed E-state index contributed by atoms with van der Waals surface area (Å²) in [6.07, 6.45) is -0.552. The molecule has 0 unspecified atom stereocenters. The lowest BCUT2D eigenvalue weighted by Gasteiger charge is -2.25. The molecule has 0 aliphatic rings. The van der Waals surface area contributed by atoms with Gasteiger partial charge in [0.2, 0.25) is 17.7 Å². The van der Waals surface area contributed by atoms with Crippen LogP contribution in [0.4, 0.5) is 4.79 Å². The van der Waals surface area contributed by atoms with Gasteiger partial charge < -0.3 is 26.4 Å². The summed E-state index contributed by atoms with van der Waals surface area (Å²) in [7, 11) is 0. The summed E-state index contributed by atoms with van der Waals surface area (Å²) in [5.41, 5.74) is 5.95. The molecule has 4 amide bonds. The highest BCUT2D eigenvalue weighted by Gasteiger charge is 2.28. The van der Waals surface area contributed by atoms with Crippen LogP contribution in [-0.4, -0.2) is 41.5 Å². The Morgan fingerprint density at radius 1 is 1.06 bits per heavy atom. The molecule has 186 valence electrons. The molecule has 1 aromatic rings. The predicted octanol–water partition coefficient (Wildman–Crippen LogP) is 1.86. The molecule has 5 N–H and O–H groups in total. The third kappa shape index (κ3) is 11.3. The van der Waals surface area contributed by atoms with Gasteiger partial charge in [0, 0.05) is 13.0 Å². The van der Waals surface area contributed by atoms with Crippen molar-refractivity contribution in [3.05, 3.63) is 35.4 Å². The second-order valence-electron chi connectivity index (χ2n) is 9.42. The number of rotatable bonds is 11. The van der Waals surface area contributed by atoms with Crippen molar-refractivity contribution in [2.45, 2.75) is 78.1 Å². The summed E-state index contributed by atoms with van der Waals surface area (Å²) in [6.45, 7) is 9.07. The summed E-state index contributed by atoms with van der Waals surface area (Å²) < 4.78 is 5.22. The maximum atomic E-state index is 12.8. The molecular weight excluding hydrogens is 438 g/mol. The van der Waals surface area contributed by atoms with Crippen LogP contribution in [0.5, 0.6) is 0 Å². The third-order valence-corrected chi connectivity index (χ3v) is 4.61. The van der Waals surface area contributed by atoms with E-state index in [1.807, 2.05) is 19.9 Å². The van der Waals surface area contributed by atoms with E-state index in [2.05, 4.69) is 16.0 Å². The maximum Gasteiger partial charge on any atom is 0.408 e. The zero-order valence-electron chi connectivity index (χ0n) is 20.4. The Morgan fingerprint density at radius 2 is 1.68 bits per heavy atom. The summed E-state index contributed by atoms with van der Waals surface area (Å²) in [5, 5.41) is 16.6. The Hall–Kier alpha value is -3.61. The van der Waals surface area contributed by atoms with E-state index in [4.69, 9.17) is 15.7 Å². The number of nitrogens with zero attached hydrogens (tertiary/aromatic N) is 1. The predicted molar refractivity (Wildman–Crippen MR) is 126 cm³/mol. The summed E-state index contributed by atoms with van der Waals surface area (Å²) in [5.74, 6) is -1.54. The van der Waals surface area contributed by atoms with Gasteiger partial charge in [-0.05, 0) is 57.2 Å². The van der Waals surface area contributed by atoms with Gasteiger partial charge in [-0.25, -0.2) is 4.79 Å². The van der Waals surface area contributed by atoms with Crippen molar-refractivity contribution in [1.82, 2.24) is 16.0 Å². The van der Waals surface area contributed by atoms with E-state index in [1.165, 1.54) is 0 Å². The van der Waals surface area contributed by atoms with E-state index < -0.39 is 35.6 Å². The molecule has 0 saturated carbocycles. The molecule has 1 aromatic carbocycles. The van der Waals surface area contributed by atoms with Crippen LogP contribution in [0.3, 0.4) is 0 Å². The molecule has 0 bridgehead atoms. The van der Waals surface area contributed by atoms with Gasteiger partial charge in [-0.1, -0.05) is 26.0 Å². The van der Waals surface area contributed by atoms with E-state index >= 15 is 0 Å². The van der Waals surface area contributed by atoms with Gasteiger partial charge in [-0.2, -0.15) is 5.26 Å². The smallest absolute Gasteiger partial charge is 0.408 e. The molecule has 0 saturated heterocycles. The first-order chi connectivity index (χ1) is 15.8. The molecule has 0 spiro atoms. The Morgan fingerprint density at radius 3 is 2.18 bits per heavy atom. The van der Waals surface area contributed by atoms with E-state index in [0.29, 0.717) is 12.0 Å². The number of carbonyl (C=O) groups is 4. The molecule has 0 radical (unpaired) electrons. The van der Waals surface area contributed by atoms with E-state index in [0.717, 1.165) is 5.56 Å². The van der Waals surface area contributed by atoms with Crippen LogP contribution in [-0.2, 0) is 25.7 Å². The Kier molecular flexibility index (Phi) is 11.0. The monoisotopic (exact) mass is 473 g/mol. The largest absolute Gasteiger partial charge is 0.444 e. The molecule has 0 heterocycles. The lowest BCUT2D eigenvalue weighted by atomic mass is 10.0. The standard InChI is InChI=1S/C24H35N5O5/c1-15(2)12-19(21(26)31)28-22(32)18(29-23(33)34-24(3,4)5)10-11-20(30)27-14-17-8-6-16(13-25)7-9-17/h6-9,15,18-19H,10-12,14H2,1-5H3,(H2,26,31)(H,27,30)(H,28,32)(H,29,33)/t18-,19-/m0/s1. The molecule has 0 fully saturated rings. The summed E-state index contributed by atoms with van der Waals surface area (Å²) in [4.78, 5) is 49.2. The molecule has 1 rings (SSSR count). The molecule has 0 aromatic heterocycles. The normalized spacial score (nSPS) is 12.7. The van der Waals surface area contributed by atoms with E-state index in [-0.39, 0.29) is 31.2 Å². The number of alkyl carbamates (subject to hydrolysis) is 1. The number of benzene rings is 1.